The summed E-state index contributed by atoms with van der Waals surface area (Å²) in [5.41, 5.74) is 4.01. The first-order valence-corrected chi connectivity index (χ1v) is 6.93. The molecule has 3 aromatic rings. The fourth-order valence-electron chi connectivity index (χ4n) is 1.84. The van der Waals surface area contributed by atoms with Gasteiger partial charge in [0.2, 0.25) is 5.95 Å². The minimum absolute atomic E-state index is 0.797. The maximum Gasteiger partial charge on any atom is 0.207 e. The number of nitrogens with one attached hydrogen (secondary N) is 1. The molecule has 0 unspecified atom stereocenters. The number of rotatable bonds is 4. The van der Waals surface area contributed by atoms with Crippen molar-refractivity contribution >= 4 is 23.0 Å². The Labute approximate surface area is 115 Å². The zero-order valence-corrected chi connectivity index (χ0v) is 11.4. The van der Waals surface area contributed by atoms with Crippen LogP contribution in [0.15, 0.2) is 48.2 Å². The van der Waals surface area contributed by atoms with Crippen LogP contribution in [0.1, 0.15) is 10.6 Å². The summed E-state index contributed by atoms with van der Waals surface area (Å²) in [6.45, 7) is 2.83. The van der Waals surface area contributed by atoms with Gasteiger partial charge in [0.05, 0.1) is 17.7 Å². The highest BCUT2D eigenvalue weighted by Crippen LogP contribution is 2.19. The molecule has 3 rings (SSSR count). The zero-order valence-electron chi connectivity index (χ0n) is 10.6. The Bertz CT molecular complexity index is 657. The lowest BCUT2D eigenvalue weighted by Gasteiger charge is -2.09. The lowest BCUT2D eigenvalue weighted by atomic mass is 10.3. The second-order valence-electron chi connectivity index (χ2n) is 4.23. The molecule has 0 bridgehead atoms. The van der Waals surface area contributed by atoms with Crippen LogP contribution in [0.5, 0.6) is 0 Å². The van der Waals surface area contributed by atoms with Crippen LogP contribution in [-0.4, -0.2) is 14.5 Å². The van der Waals surface area contributed by atoms with Gasteiger partial charge in [-0.1, -0.05) is 18.2 Å². The van der Waals surface area contributed by atoms with Crippen LogP contribution in [0.4, 0.5) is 11.6 Å². The van der Waals surface area contributed by atoms with E-state index in [2.05, 4.69) is 19.9 Å². The lowest BCUT2D eigenvalue weighted by molar-refractivity contribution is 0.812. The fraction of sp³-hybridized carbons (Fsp3) is 0.143. The molecule has 0 amide bonds. The third-order valence-corrected chi connectivity index (χ3v) is 3.82. The molecule has 0 aliphatic rings. The summed E-state index contributed by atoms with van der Waals surface area (Å²) in [5.74, 6) is 0.846. The van der Waals surface area contributed by atoms with Crippen molar-refractivity contribution in [3.8, 4) is 0 Å². The van der Waals surface area contributed by atoms with Gasteiger partial charge in [0.1, 0.15) is 0 Å². The summed E-state index contributed by atoms with van der Waals surface area (Å²) in [5, 5.41) is 3.32. The van der Waals surface area contributed by atoms with Crippen LogP contribution >= 0.6 is 11.3 Å². The molecule has 1 N–H and O–H groups in total. The molecular formula is C14H14N4S. The Morgan fingerprint density at radius 1 is 1.21 bits per heavy atom. The summed E-state index contributed by atoms with van der Waals surface area (Å²) in [7, 11) is 0. The first-order valence-electron chi connectivity index (χ1n) is 6.05. The van der Waals surface area contributed by atoms with Gasteiger partial charge < -0.3 is 9.88 Å². The molecule has 1 aromatic carbocycles. The molecule has 2 heterocycles. The number of hydrogen-bond acceptors (Lipinski definition) is 4. The number of thiazole rings is 1. The van der Waals surface area contributed by atoms with Gasteiger partial charge >= 0.3 is 0 Å². The van der Waals surface area contributed by atoms with Gasteiger partial charge in [0, 0.05) is 23.0 Å². The van der Waals surface area contributed by atoms with Crippen molar-refractivity contribution in [1.29, 1.82) is 0 Å². The van der Waals surface area contributed by atoms with E-state index in [0.717, 1.165) is 23.9 Å². The van der Waals surface area contributed by atoms with Crippen LogP contribution < -0.4 is 5.32 Å². The average Bonchev–Trinajstić information content (AvgIpc) is 3.02. The summed E-state index contributed by atoms with van der Waals surface area (Å²) in [4.78, 5) is 9.89. The maximum absolute atomic E-state index is 4.36. The van der Waals surface area contributed by atoms with E-state index in [1.54, 1.807) is 11.3 Å². The molecular weight excluding hydrogens is 256 g/mol. The van der Waals surface area contributed by atoms with Gasteiger partial charge in [0.15, 0.2) is 0 Å². The highest BCUT2D eigenvalue weighted by atomic mass is 32.1. The summed E-state index contributed by atoms with van der Waals surface area (Å²) in [6, 6.07) is 10.1. The van der Waals surface area contributed by atoms with E-state index in [1.807, 2.05) is 55.2 Å². The molecule has 0 saturated carbocycles. The first-order chi connectivity index (χ1) is 9.33. The molecule has 0 aliphatic carbocycles. The van der Waals surface area contributed by atoms with Crippen molar-refractivity contribution in [2.24, 2.45) is 0 Å². The highest BCUT2D eigenvalue weighted by Gasteiger charge is 2.07. The molecule has 2 aromatic heterocycles. The van der Waals surface area contributed by atoms with Gasteiger partial charge in [-0.05, 0) is 19.1 Å². The third-order valence-electron chi connectivity index (χ3n) is 2.90. The van der Waals surface area contributed by atoms with Gasteiger partial charge in [0.25, 0.3) is 0 Å². The van der Waals surface area contributed by atoms with Gasteiger partial charge in [-0.25, -0.2) is 9.97 Å². The number of hydrogen-bond donors (Lipinski definition) is 1. The number of anilines is 2. The summed E-state index contributed by atoms with van der Waals surface area (Å²) in [6.07, 6.45) is 3.78. The summed E-state index contributed by atoms with van der Waals surface area (Å²) >= 11 is 1.68. The molecule has 0 atom stereocenters. The van der Waals surface area contributed by atoms with E-state index < -0.39 is 0 Å². The SMILES string of the molecule is Cc1ncsc1Cn1ccnc1Nc1ccccc1. The van der Waals surface area contributed by atoms with Gasteiger partial charge in [-0.3, -0.25) is 0 Å². The van der Waals surface area contributed by atoms with Gasteiger partial charge in [-0.15, -0.1) is 11.3 Å². The minimum Gasteiger partial charge on any atom is -0.326 e. The van der Waals surface area contributed by atoms with Crippen molar-refractivity contribution in [3.63, 3.8) is 0 Å². The number of imidazole rings is 1. The van der Waals surface area contributed by atoms with Crippen molar-refractivity contribution in [3.05, 3.63) is 58.8 Å². The Balaban J connectivity index is 1.81. The Hall–Kier alpha value is -2.14. The molecule has 4 nitrogen and oxygen atoms in total. The maximum atomic E-state index is 4.36. The first kappa shape index (κ1) is 11.9. The van der Waals surface area contributed by atoms with Crippen molar-refractivity contribution in [1.82, 2.24) is 14.5 Å². The topological polar surface area (TPSA) is 42.7 Å². The monoisotopic (exact) mass is 270 g/mol. The molecule has 0 spiro atoms. The molecule has 0 aliphatic heterocycles. The van der Waals surface area contributed by atoms with E-state index in [1.165, 1.54) is 4.88 Å². The van der Waals surface area contributed by atoms with Crippen molar-refractivity contribution < 1.29 is 0 Å². The molecule has 96 valence electrons. The van der Waals surface area contributed by atoms with Gasteiger partial charge in [-0.2, -0.15) is 0 Å². The predicted molar refractivity (Wildman–Crippen MR) is 77.9 cm³/mol. The quantitative estimate of drug-likeness (QED) is 0.789. The average molecular weight is 270 g/mol. The number of nitrogens with zero attached hydrogens (tertiary/aromatic N) is 3. The van der Waals surface area contributed by atoms with Crippen LogP contribution in [0, 0.1) is 6.92 Å². The van der Waals surface area contributed by atoms with Crippen LogP contribution in [0.25, 0.3) is 0 Å². The smallest absolute Gasteiger partial charge is 0.207 e. The number of benzene rings is 1. The number of para-hydroxylation sites is 1. The van der Waals surface area contributed by atoms with E-state index in [-0.39, 0.29) is 0 Å². The largest absolute Gasteiger partial charge is 0.326 e. The second kappa shape index (κ2) is 5.24. The third kappa shape index (κ3) is 2.66. The summed E-state index contributed by atoms with van der Waals surface area (Å²) < 4.78 is 2.09. The van der Waals surface area contributed by atoms with Crippen molar-refractivity contribution in [2.75, 3.05) is 5.32 Å². The molecule has 0 saturated heterocycles. The Kier molecular flexibility index (Phi) is 3.29. The molecule has 0 fully saturated rings. The van der Waals surface area contributed by atoms with E-state index in [4.69, 9.17) is 0 Å². The number of aryl methyl sites for hydroxylation is 1. The lowest BCUT2D eigenvalue weighted by Crippen LogP contribution is -2.04. The van der Waals surface area contributed by atoms with E-state index in [0.29, 0.717) is 0 Å². The highest BCUT2D eigenvalue weighted by molar-refractivity contribution is 7.09. The standard InChI is InChI=1S/C14H14N4S/c1-11-13(19-10-16-11)9-18-8-7-15-14(18)17-12-5-3-2-4-6-12/h2-8,10H,9H2,1H3,(H,15,17). The molecule has 5 heteroatoms. The fourth-order valence-corrected chi connectivity index (χ4v) is 2.62. The van der Waals surface area contributed by atoms with Crippen LogP contribution in [-0.2, 0) is 6.54 Å². The predicted octanol–water partition coefficient (Wildman–Crippen LogP) is 3.44. The molecule has 0 radical (unpaired) electrons. The zero-order chi connectivity index (χ0) is 13.1. The number of aromatic nitrogens is 3. The van der Waals surface area contributed by atoms with E-state index in [9.17, 15) is 0 Å². The van der Waals surface area contributed by atoms with E-state index >= 15 is 0 Å². The van der Waals surface area contributed by atoms with Crippen LogP contribution in [0.3, 0.4) is 0 Å². The minimum atomic E-state index is 0.797. The Morgan fingerprint density at radius 3 is 2.79 bits per heavy atom. The van der Waals surface area contributed by atoms with Crippen molar-refractivity contribution in [2.45, 2.75) is 13.5 Å². The Morgan fingerprint density at radius 2 is 2.05 bits per heavy atom. The van der Waals surface area contributed by atoms with Crippen LogP contribution in [0.2, 0.25) is 0 Å². The normalized spacial score (nSPS) is 10.6. The second-order valence-corrected chi connectivity index (χ2v) is 5.17. The molecule has 19 heavy (non-hydrogen) atoms.